The fourth-order valence-corrected chi connectivity index (χ4v) is 12.0. The van der Waals surface area contributed by atoms with Gasteiger partial charge in [-0.1, -0.05) is 34.6 Å². The second-order valence-corrected chi connectivity index (χ2v) is 15.5. The summed E-state index contributed by atoms with van der Waals surface area (Å²) in [5.74, 6) is 1.39. The maximum absolute atomic E-state index is 12.0. The molecule has 5 aliphatic carbocycles. The zero-order valence-electron chi connectivity index (χ0n) is 22.9. The maximum Gasteiger partial charge on any atom is 0.0625 e. The van der Waals surface area contributed by atoms with Crippen LogP contribution in [0.5, 0.6) is 0 Å². The minimum Gasteiger partial charge on any atom is -0.396 e. The Morgan fingerprint density at radius 3 is 2.06 bits per heavy atom. The molecule has 0 amide bonds. The average Bonchev–Trinajstić information content (AvgIpc) is 3.10. The number of aliphatic hydroxyl groups excluding tert-OH is 3. The Balaban J connectivity index is 1.60. The van der Waals surface area contributed by atoms with Crippen LogP contribution in [0.4, 0.5) is 0 Å². The zero-order chi connectivity index (χ0) is 25.1. The van der Waals surface area contributed by atoms with Gasteiger partial charge in [-0.15, -0.1) is 0 Å². The number of hydrogen-bond acceptors (Lipinski definition) is 4. The molecule has 5 aliphatic rings. The first-order valence-electron chi connectivity index (χ1n) is 14.3. The van der Waals surface area contributed by atoms with E-state index in [1.807, 2.05) is 13.8 Å². The monoisotopic (exact) mass is 476 g/mol. The number of fused-ring (bicyclic) bond motifs is 7. The fraction of sp³-hybridized carbons (Fsp3) is 1.00. The van der Waals surface area contributed by atoms with Gasteiger partial charge in [0.05, 0.1) is 24.4 Å². The highest BCUT2D eigenvalue weighted by atomic mass is 16.3. The van der Waals surface area contributed by atoms with Crippen LogP contribution in [-0.2, 0) is 0 Å². The van der Waals surface area contributed by atoms with E-state index in [4.69, 9.17) is 0 Å². The smallest absolute Gasteiger partial charge is 0.0625 e. The van der Waals surface area contributed by atoms with E-state index in [9.17, 15) is 20.4 Å². The summed E-state index contributed by atoms with van der Waals surface area (Å²) in [7, 11) is 0. The molecule has 0 heterocycles. The molecule has 5 rings (SSSR count). The predicted octanol–water partition coefficient (Wildman–Crippen LogP) is 5.16. The van der Waals surface area contributed by atoms with Crippen LogP contribution >= 0.6 is 0 Å². The van der Waals surface area contributed by atoms with Gasteiger partial charge in [0.2, 0.25) is 0 Å². The Kier molecular flexibility index (Phi) is 5.59. The second-order valence-electron chi connectivity index (χ2n) is 15.5. The Morgan fingerprint density at radius 1 is 0.794 bits per heavy atom. The Hall–Kier alpha value is -0.160. The number of aliphatic hydroxyl groups is 4. The number of hydrogen-bond donors (Lipinski definition) is 4. The van der Waals surface area contributed by atoms with Gasteiger partial charge in [-0.3, -0.25) is 0 Å². The van der Waals surface area contributed by atoms with Gasteiger partial charge >= 0.3 is 0 Å². The third-order valence-corrected chi connectivity index (χ3v) is 13.7. The van der Waals surface area contributed by atoms with Crippen molar-refractivity contribution in [3.05, 3.63) is 0 Å². The van der Waals surface area contributed by atoms with Gasteiger partial charge in [0.1, 0.15) is 0 Å². The molecular weight excluding hydrogens is 424 g/mol. The molecule has 0 bridgehead atoms. The molecule has 34 heavy (non-hydrogen) atoms. The minimum atomic E-state index is -0.660. The molecule has 5 fully saturated rings. The molecule has 0 radical (unpaired) electrons. The van der Waals surface area contributed by atoms with E-state index in [0.29, 0.717) is 17.8 Å². The van der Waals surface area contributed by atoms with E-state index < -0.39 is 23.2 Å². The third-order valence-electron chi connectivity index (χ3n) is 13.7. The van der Waals surface area contributed by atoms with Gasteiger partial charge in [-0.2, -0.15) is 0 Å². The molecule has 4 N–H and O–H groups in total. The van der Waals surface area contributed by atoms with Crippen molar-refractivity contribution in [2.75, 3.05) is 6.61 Å². The SMILES string of the molecule is CC(C)(O)[C@H]1CC[C@@]2(C)[C@@H]1CC[C@]1(C)[C@@H]2C[C@@H](O)[C@@H]2[C@@]3(CO)[C@@H](O)CCC(C)(C)[C@@H]3CC[C@]21C. The molecule has 5 saturated carbocycles. The Bertz CT molecular complexity index is 817. The first-order valence-corrected chi connectivity index (χ1v) is 14.3. The van der Waals surface area contributed by atoms with Crippen molar-refractivity contribution in [3.8, 4) is 0 Å². The highest BCUT2D eigenvalue weighted by Crippen LogP contribution is 2.78. The van der Waals surface area contributed by atoms with Crippen molar-refractivity contribution < 1.29 is 20.4 Å². The van der Waals surface area contributed by atoms with Crippen molar-refractivity contribution in [3.63, 3.8) is 0 Å². The molecule has 0 saturated heterocycles. The van der Waals surface area contributed by atoms with Gasteiger partial charge in [0.15, 0.2) is 0 Å². The lowest BCUT2D eigenvalue weighted by Crippen LogP contribution is -2.73. The van der Waals surface area contributed by atoms with Gasteiger partial charge in [0, 0.05) is 11.3 Å². The van der Waals surface area contributed by atoms with E-state index in [1.165, 1.54) is 0 Å². The molecule has 0 aromatic carbocycles. The summed E-state index contributed by atoms with van der Waals surface area (Å²) < 4.78 is 0. The van der Waals surface area contributed by atoms with Gasteiger partial charge < -0.3 is 20.4 Å². The van der Waals surface area contributed by atoms with Crippen LogP contribution in [0.1, 0.15) is 106 Å². The third kappa shape index (κ3) is 2.92. The predicted molar refractivity (Wildman–Crippen MR) is 135 cm³/mol. The summed E-state index contributed by atoms with van der Waals surface area (Å²) in [6.07, 6.45) is 7.98. The van der Waals surface area contributed by atoms with E-state index in [1.54, 1.807) is 0 Å². The maximum atomic E-state index is 12.0. The van der Waals surface area contributed by atoms with Crippen LogP contribution < -0.4 is 0 Å². The molecule has 0 aliphatic heterocycles. The molecule has 4 heteroatoms. The van der Waals surface area contributed by atoms with Gasteiger partial charge in [0.25, 0.3) is 0 Å². The molecule has 0 aromatic heterocycles. The minimum absolute atomic E-state index is 0.0268. The van der Waals surface area contributed by atoms with Gasteiger partial charge in [-0.05, 0) is 117 Å². The topological polar surface area (TPSA) is 80.9 Å². The molecular formula is C30H52O4. The van der Waals surface area contributed by atoms with Crippen molar-refractivity contribution in [2.24, 2.45) is 56.7 Å². The summed E-state index contributed by atoms with van der Waals surface area (Å²) in [6, 6.07) is 0. The van der Waals surface area contributed by atoms with Crippen LogP contribution in [0.3, 0.4) is 0 Å². The van der Waals surface area contributed by atoms with Crippen LogP contribution in [0.2, 0.25) is 0 Å². The standard InChI is InChI=1S/C30H52O4/c1-25(2)12-11-23(33)30(17-31)21(25)10-15-29(7)24(30)20(32)16-22-27(5)13-8-18(26(3,4)34)19(27)9-14-28(22,29)6/h18-24,31-34H,8-17H2,1-7H3/t18-,19+,20+,21-,22+,23-,24-,27-,28+,29+,30+/m0/s1. The summed E-state index contributed by atoms with van der Waals surface area (Å²) in [4.78, 5) is 0. The first kappa shape index (κ1) is 25.5. The lowest BCUT2D eigenvalue weighted by molar-refractivity contribution is -0.304. The summed E-state index contributed by atoms with van der Waals surface area (Å²) >= 11 is 0. The fourth-order valence-electron chi connectivity index (χ4n) is 12.0. The molecule has 11 atom stereocenters. The lowest BCUT2D eigenvalue weighted by atomic mass is 9.31. The van der Waals surface area contributed by atoms with Crippen LogP contribution in [0, 0.1) is 56.7 Å². The summed E-state index contributed by atoms with van der Waals surface area (Å²) in [5, 5.41) is 45.6. The second kappa shape index (κ2) is 7.45. The Labute approximate surface area is 207 Å². The van der Waals surface area contributed by atoms with Crippen molar-refractivity contribution in [1.82, 2.24) is 0 Å². The van der Waals surface area contributed by atoms with E-state index in [-0.39, 0.29) is 40.1 Å². The molecule has 4 nitrogen and oxygen atoms in total. The normalized spacial score (nSPS) is 56.7. The molecule has 0 spiro atoms. The average molecular weight is 477 g/mol. The van der Waals surface area contributed by atoms with Crippen LogP contribution in [-0.4, -0.2) is 44.8 Å². The number of rotatable bonds is 2. The van der Waals surface area contributed by atoms with Crippen molar-refractivity contribution in [2.45, 2.75) is 124 Å². The van der Waals surface area contributed by atoms with E-state index in [2.05, 4.69) is 34.6 Å². The lowest BCUT2D eigenvalue weighted by Gasteiger charge is -2.74. The quantitative estimate of drug-likeness (QED) is 0.444. The van der Waals surface area contributed by atoms with Crippen molar-refractivity contribution >= 4 is 0 Å². The van der Waals surface area contributed by atoms with Crippen molar-refractivity contribution in [1.29, 1.82) is 0 Å². The summed E-state index contributed by atoms with van der Waals surface area (Å²) in [5.41, 5.74) is -1.15. The summed E-state index contributed by atoms with van der Waals surface area (Å²) in [6.45, 7) is 16.0. The molecule has 196 valence electrons. The highest BCUT2D eigenvalue weighted by Gasteiger charge is 2.74. The highest BCUT2D eigenvalue weighted by molar-refractivity contribution is 5.23. The van der Waals surface area contributed by atoms with Crippen LogP contribution in [0.25, 0.3) is 0 Å². The molecule has 0 aromatic rings. The Morgan fingerprint density at radius 2 is 1.44 bits per heavy atom. The van der Waals surface area contributed by atoms with E-state index in [0.717, 1.165) is 57.8 Å². The van der Waals surface area contributed by atoms with Crippen LogP contribution in [0.15, 0.2) is 0 Å². The zero-order valence-corrected chi connectivity index (χ0v) is 22.9. The largest absolute Gasteiger partial charge is 0.396 e. The van der Waals surface area contributed by atoms with E-state index >= 15 is 0 Å². The van der Waals surface area contributed by atoms with Gasteiger partial charge in [-0.25, -0.2) is 0 Å². The molecule has 0 unspecified atom stereocenters. The first-order chi connectivity index (χ1) is 15.6.